The van der Waals surface area contributed by atoms with E-state index in [2.05, 4.69) is 0 Å². The largest absolute Gasteiger partial charge is 0.497 e. The van der Waals surface area contributed by atoms with Gasteiger partial charge in [-0.25, -0.2) is 4.79 Å². The number of hydrogen-bond donors (Lipinski definition) is 1. The third kappa shape index (κ3) is 6.58. The summed E-state index contributed by atoms with van der Waals surface area (Å²) in [4.78, 5) is 30.0. The number of aliphatic hydroxyl groups excluding tert-OH is 1. The van der Waals surface area contributed by atoms with Crippen molar-refractivity contribution in [3.63, 3.8) is 0 Å². The molecule has 3 aromatic carbocycles. The molecule has 1 heterocycles. The lowest BCUT2D eigenvalue weighted by Crippen LogP contribution is -2.47. The molecule has 0 radical (unpaired) electrons. The molecule has 4 rings (SSSR count). The van der Waals surface area contributed by atoms with Crippen LogP contribution in [-0.4, -0.2) is 72.9 Å². The number of carbonyl (C=O) groups excluding carboxylic acids is 2. The van der Waals surface area contributed by atoms with Gasteiger partial charge >= 0.3 is 6.09 Å². The Hall–Kier alpha value is -3.88. The van der Waals surface area contributed by atoms with Gasteiger partial charge in [0.25, 0.3) is 5.91 Å². The number of benzene rings is 3. The zero-order valence-corrected chi connectivity index (χ0v) is 22.9. The monoisotopic (exact) mass is 532 g/mol. The third-order valence-electron chi connectivity index (χ3n) is 7.12. The van der Waals surface area contributed by atoms with Gasteiger partial charge in [0, 0.05) is 25.1 Å². The molecule has 39 heavy (non-hydrogen) atoms. The van der Waals surface area contributed by atoms with E-state index in [0.717, 1.165) is 16.7 Å². The number of rotatable bonds is 6. The summed E-state index contributed by atoms with van der Waals surface area (Å²) < 4.78 is 17.2. The van der Waals surface area contributed by atoms with E-state index in [0.29, 0.717) is 30.2 Å². The van der Waals surface area contributed by atoms with E-state index in [1.54, 1.807) is 43.3 Å². The van der Waals surface area contributed by atoms with Crippen molar-refractivity contribution in [1.29, 1.82) is 0 Å². The summed E-state index contributed by atoms with van der Waals surface area (Å²) in [6.07, 6.45) is -0.927. The fraction of sp³-hybridized carbons (Fsp3) is 0.355. The number of methoxy groups -OCH3 is 1. The fourth-order valence-corrected chi connectivity index (χ4v) is 4.72. The SMILES string of the molecule is COc1ccc(OC(=O)N(C)C[C@H]2OCc3ccccc3-c3ccccc3C(=O)N([C@@H](C)CO)C[C@H]2C)cc1. The van der Waals surface area contributed by atoms with Gasteiger partial charge in [0.2, 0.25) is 0 Å². The molecule has 0 bridgehead atoms. The number of amides is 2. The van der Waals surface area contributed by atoms with Gasteiger partial charge < -0.3 is 29.1 Å². The molecule has 206 valence electrons. The third-order valence-corrected chi connectivity index (χ3v) is 7.12. The van der Waals surface area contributed by atoms with Crippen LogP contribution in [0.25, 0.3) is 11.1 Å². The predicted molar refractivity (Wildman–Crippen MR) is 149 cm³/mol. The second-order valence-electron chi connectivity index (χ2n) is 9.94. The summed E-state index contributed by atoms with van der Waals surface area (Å²) in [5.41, 5.74) is 3.26. The molecule has 1 aliphatic rings. The Morgan fingerprint density at radius 1 is 1.03 bits per heavy atom. The van der Waals surface area contributed by atoms with E-state index in [9.17, 15) is 14.7 Å². The minimum atomic E-state index is -0.519. The fourth-order valence-electron chi connectivity index (χ4n) is 4.72. The normalized spacial score (nSPS) is 18.3. The standard InChI is InChI=1S/C31H36N2O6/c1-21-17-33(22(2)19-34)30(35)28-12-8-7-11-27(28)26-10-6-5-9-23(26)20-38-29(21)18-32(3)31(36)39-25-15-13-24(37-4)14-16-25/h5-16,21-22,29,34H,17-20H2,1-4H3/t21-,22+,29-/m1/s1. The maximum Gasteiger partial charge on any atom is 0.415 e. The quantitative estimate of drug-likeness (QED) is 0.488. The Morgan fingerprint density at radius 3 is 2.31 bits per heavy atom. The van der Waals surface area contributed by atoms with Crippen LogP contribution in [0, 0.1) is 5.92 Å². The molecule has 1 aliphatic heterocycles. The van der Waals surface area contributed by atoms with Gasteiger partial charge in [0.05, 0.1) is 39.0 Å². The molecule has 0 aromatic heterocycles. The molecule has 8 heteroatoms. The van der Waals surface area contributed by atoms with E-state index < -0.39 is 18.2 Å². The van der Waals surface area contributed by atoms with Crippen molar-refractivity contribution in [3.8, 4) is 22.6 Å². The molecular formula is C31H36N2O6. The number of ether oxygens (including phenoxy) is 3. The molecule has 0 spiro atoms. The maximum atomic E-state index is 13.9. The first-order chi connectivity index (χ1) is 18.8. The van der Waals surface area contributed by atoms with Crippen molar-refractivity contribution in [3.05, 3.63) is 83.9 Å². The Balaban J connectivity index is 1.62. The van der Waals surface area contributed by atoms with Gasteiger partial charge in [-0.2, -0.15) is 0 Å². The van der Waals surface area contributed by atoms with Crippen LogP contribution in [0.5, 0.6) is 11.5 Å². The summed E-state index contributed by atoms with van der Waals surface area (Å²) in [5, 5.41) is 10.00. The van der Waals surface area contributed by atoms with Crippen LogP contribution >= 0.6 is 0 Å². The van der Waals surface area contributed by atoms with E-state index in [1.807, 2.05) is 62.4 Å². The number of nitrogens with zero attached hydrogens (tertiary/aromatic N) is 2. The van der Waals surface area contributed by atoms with Gasteiger partial charge in [0.15, 0.2) is 0 Å². The van der Waals surface area contributed by atoms with Gasteiger partial charge in [-0.05, 0) is 53.9 Å². The van der Waals surface area contributed by atoms with Crippen LogP contribution in [0.3, 0.4) is 0 Å². The Kier molecular flexibility index (Phi) is 9.22. The lowest BCUT2D eigenvalue weighted by atomic mass is 9.94. The summed E-state index contributed by atoms with van der Waals surface area (Å²) in [5.74, 6) is 0.768. The summed E-state index contributed by atoms with van der Waals surface area (Å²) in [7, 11) is 3.24. The summed E-state index contributed by atoms with van der Waals surface area (Å²) in [6.45, 7) is 4.56. The lowest BCUT2D eigenvalue weighted by molar-refractivity contribution is -0.0205. The Labute approximate surface area is 229 Å². The van der Waals surface area contributed by atoms with E-state index in [1.165, 1.54) is 4.90 Å². The molecule has 0 aliphatic carbocycles. The molecule has 0 fully saturated rings. The lowest BCUT2D eigenvalue weighted by Gasteiger charge is -2.35. The van der Waals surface area contributed by atoms with Gasteiger partial charge in [-0.1, -0.05) is 49.4 Å². The highest BCUT2D eigenvalue weighted by Crippen LogP contribution is 2.31. The van der Waals surface area contributed by atoms with E-state index in [4.69, 9.17) is 14.2 Å². The molecule has 3 atom stereocenters. The highest BCUT2D eigenvalue weighted by atomic mass is 16.6. The molecule has 0 unspecified atom stereocenters. The number of carbonyl (C=O) groups is 2. The number of fused-ring (bicyclic) bond motifs is 3. The first-order valence-corrected chi connectivity index (χ1v) is 13.1. The topological polar surface area (TPSA) is 88.5 Å². The van der Waals surface area contributed by atoms with Crippen molar-refractivity contribution >= 4 is 12.0 Å². The molecule has 3 aromatic rings. The van der Waals surface area contributed by atoms with Crippen LogP contribution in [0.15, 0.2) is 72.8 Å². The average molecular weight is 533 g/mol. The van der Waals surface area contributed by atoms with Crippen molar-refractivity contribution in [2.75, 3.05) is 33.9 Å². The number of likely N-dealkylation sites (N-methyl/N-ethyl adjacent to an activating group) is 1. The predicted octanol–water partition coefficient (Wildman–Crippen LogP) is 4.85. The van der Waals surface area contributed by atoms with Crippen molar-refractivity contribution in [1.82, 2.24) is 9.80 Å². The van der Waals surface area contributed by atoms with E-state index in [-0.39, 0.29) is 25.0 Å². The smallest absolute Gasteiger partial charge is 0.415 e. The Morgan fingerprint density at radius 2 is 1.64 bits per heavy atom. The molecule has 8 nitrogen and oxygen atoms in total. The average Bonchev–Trinajstić information content (AvgIpc) is 2.98. The molecule has 0 saturated carbocycles. The minimum absolute atomic E-state index is 0.151. The Bertz CT molecular complexity index is 1280. The van der Waals surface area contributed by atoms with Crippen molar-refractivity contribution in [2.24, 2.45) is 5.92 Å². The number of hydrogen-bond acceptors (Lipinski definition) is 6. The molecule has 1 N–H and O–H groups in total. The highest BCUT2D eigenvalue weighted by molar-refractivity contribution is 6.01. The van der Waals surface area contributed by atoms with Gasteiger partial charge in [0.1, 0.15) is 11.5 Å². The molecule has 2 amide bonds. The van der Waals surface area contributed by atoms with Crippen LogP contribution < -0.4 is 9.47 Å². The van der Waals surface area contributed by atoms with Crippen LogP contribution in [0.2, 0.25) is 0 Å². The second-order valence-corrected chi connectivity index (χ2v) is 9.94. The molecular weight excluding hydrogens is 496 g/mol. The molecule has 0 saturated heterocycles. The van der Waals surface area contributed by atoms with E-state index >= 15 is 0 Å². The maximum absolute atomic E-state index is 13.9. The van der Waals surface area contributed by atoms with Crippen LogP contribution in [0.4, 0.5) is 4.79 Å². The summed E-state index contributed by atoms with van der Waals surface area (Å²) >= 11 is 0. The van der Waals surface area contributed by atoms with Crippen molar-refractivity contribution in [2.45, 2.75) is 32.6 Å². The zero-order chi connectivity index (χ0) is 27.9. The first-order valence-electron chi connectivity index (χ1n) is 13.1. The summed E-state index contributed by atoms with van der Waals surface area (Å²) in [6, 6.07) is 21.8. The van der Waals surface area contributed by atoms with Crippen LogP contribution in [0.1, 0.15) is 29.8 Å². The van der Waals surface area contributed by atoms with Gasteiger partial charge in [-0.15, -0.1) is 0 Å². The first kappa shape index (κ1) is 28.1. The van der Waals surface area contributed by atoms with Crippen molar-refractivity contribution < 1.29 is 28.9 Å². The van der Waals surface area contributed by atoms with Gasteiger partial charge in [-0.3, -0.25) is 4.79 Å². The zero-order valence-electron chi connectivity index (χ0n) is 22.9. The highest BCUT2D eigenvalue weighted by Gasteiger charge is 2.31. The second kappa shape index (κ2) is 12.8. The number of aliphatic hydroxyl groups is 1. The minimum Gasteiger partial charge on any atom is -0.497 e. The van der Waals surface area contributed by atoms with Crippen LogP contribution in [-0.2, 0) is 11.3 Å².